The summed E-state index contributed by atoms with van der Waals surface area (Å²) in [5.74, 6) is 0.305. The zero-order valence-corrected chi connectivity index (χ0v) is 13.8. The monoisotopic (exact) mass is 315 g/mol. The van der Waals surface area contributed by atoms with Gasteiger partial charge in [0.15, 0.2) is 0 Å². The lowest BCUT2D eigenvalue weighted by atomic mass is 10.1. The van der Waals surface area contributed by atoms with E-state index in [1.54, 1.807) is 4.31 Å². The van der Waals surface area contributed by atoms with Gasteiger partial charge in [-0.25, -0.2) is 12.7 Å². The first kappa shape index (κ1) is 15.7. The Labute approximate surface area is 129 Å². The highest BCUT2D eigenvalue weighted by atomic mass is 32.2. The SMILES string of the molecule is O=S(=O)(CCCNC1CC1)N1CCC(N2CCCCC2)C1. The van der Waals surface area contributed by atoms with Gasteiger partial charge in [0, 0.05) is 25.2 Å². The van der Waals surface area contributed by atoms with Gasteiger partial charge < -0.3 is 5.32 Å². The molecule has 0 aromatic heterocycles. The number of likely N-dealkylation sites (tertiary alicyclic amines) is 1. The zero-order valence-electron chi connectivity index (χ0n) is 13.0. The molecule has 0 amide bonds. The molecule has 1 saturated carbocycles. The van der Waals surface area contributed by atoms with Crippen LogP contribution in [0.25, 0.3) is 0 Å². The molecule has 0 aromatic carbocycles. The smallest absolute Gasteiger partial charge is 0.214 e. The molecule has 1 unspecified atom stereocenters. The van der Waals surface area contributed by atoms with Gasteiger partial charge in [-0.1, -0.05) is 6.42 Å². The summed E-state index contributed by atoms with van der Waals surface area (Å²) in [6, 6.07) is 1.13. The van der Waals surface area contributed by atoms with Crippen LogP contribution in [0.5, 0.6) is 0 Å². The van der Waals surface area contributed by atoms with Crippen LogP contribution in [0.15, 0.2) is 0 Å². The largest absolute Gasteiger partial charge is 0.314 e. The summed E-state index contributed by atoms with van der Waals surface area (Å²) >= 11 is 0. The van der Waals surface area contributed by atoms with E-state index < -0.39 is 10.0 Å². The highest BCUT2D eigenvalue weighted by Crippen LogP contribution is 2.22. The van der Waals surface area contributed by atoms with Crippen LogP contribution in [0.1, 0.15) is 44.9 Å². The van der Waals surface area contributed by atoms with Gasteiger partial charge in [0.1, 0.15) is 0 Å². The molecule has 2 heterocycles. The molecule has 0 radical (unpaired) electrons. The Morgan fingerprint density at radius 1 is 1.00 bits per heavy atom. The normalized spacial score (nSPS) is 29.0. The lowest BCUT2D eigenvalue weighted by molar-refractivity contribution is 0.169. The molecule has 0 bridgehead atoms. The Bertz CT molecular complexity index is 430. The van der Waals surface area contributed by atoms with Crippen molar-refractivity contribution in [1.82, 2.24) is 14.5 Å². The van der Waals surface area contributed by atoms with Gasteiger partial charge in [-0.3, -0.25) is 4.90 Å². The fraction of sp³-hybridized carbons (Fsp3) is 1.00. The maximum atomic E-state index is 12.4. The number of nitrogens with zero attached hydrogens (tertiary/aromatic N) is 2. The molecular weight excluding hydrogens is 286 g/mol. The zero-order chi connectivity index (χ0) is 14.7. The van der Waals surface area contributed by atoms with Crippen LogP contribution in [0.3, 0.4) is 0 Å². The highest BCUT2D eigenvalue weighted by Gasteiger charge is 2.34. The molecule has 0 spiro atoms. The van der Waals surface area contributed by atoms with Crippen molar-refractivity contribution in [2.75, 3.05) is 38.5 Å². The number of hydrogen-bond donors (Lipinski definition) is 1. The molecular formula is C15H29N3O2S. The second-order valence-electron chi connectivity index (χ2n) is 6.80. The Balaban J connectivity index is 1.42. The molecule has 2 saturated heterocycles. The van der Waals surface area contributed by atoms with E-state index in [2.05, 4.69) is 10.2 Å². The molecule has 1 aliphatic carbocycles. The number of nitrogens with one attached hydrogen (secondary N) is 1. The first-order valence-corrected chi connectivity index (χ1v) is 10.2. The lowest BCUT2D eigenvalue weighted by Crippen LogP contribution is -2.42. The minimum absolute atomic E-state index is 0.305. The predicted molar refractivity (Wildman–Crippen MR) is 84.8 cm³/mol. The van der Waals surface area contributed by atoms with Gasteiger partial charge in [0.05, 0.1) is 5.75 Å². The van der Waals surface area contributed by atoms with E-state index in [-0.39, 0.29) is 0 Å². The van der Waals surface area contributed by atoms with Gasteiger partial charge in [-0.15, -0.1) is 0 Å². The molecule has 5 nitrogen and oxygen atoms in total. The second-order valence-corrected chi connectivity index (χ2v) is 8.88. The average Bonchev–Trinajstić information content (AvgIpc) is 3.17. The van der Waals surface area contributed by atoms with Crippen LogP contribution in [-0.2, 0) is 10.0 Å². The van der Waals surface area contributed by atoms with E-state index in [4.69, 9.17) is 0 Å². The molecule has 1 atom stereocenters. The molecule has 2 aliphatic heterocycles. The fourth-order valence-corrected chi connectivity index (χ4v) is 5.07. The summed E-state index contributed by atoms with van der Waals surface area (Å²) in [5, 5.41) is 3.39. The van der Waals surface area contributed by atoms with E-state index in [0.717, 1.165) is 45.6 Å². The molecule has 1 N–H and O–H groups in total. The second kappa shape index (κ2) is 6.94. The third kappa shape index (κ3) is 4.41. The van der Waals surface area contributed by atoms with Crippen molar-refractivity contribution >= 4 is 10.0 Å². The van der Waals surface area contributed by atoms with Crippen LogP contribution in [-0.4, -0.2) is 68.2 Å². The summed E-state index contributed by atoms with van der Waals surface area (Å²) in [7, 11) is -3.04. The van der Waals surface area contributed by atoms with E-state index in [9.17, 15) is 8.42 Å². The van der Waals surface area contributed by atoms with Gasteiger partial charge >= 0.3 is 0 Å². The molecule has 21 heavy (non-hydrogen) atoms. The summed E-state index contributed by atoms with van der Waals surface area (Å²) in [6.07, 6.45) is 8.15. The van der Waals surface area contributed by atoms with Gasteiger partial charge in [0.2, 0.25) is 10.0 Å². The molecule has 3 fully saturated rings. The van der Waals surface area contributed by atoms with Gasteiger partial charge in [0.25, 0.3) is 0 Å². The van der Waals surface area contributed by atoms with Crippen molar-refractivity contribution in [3.8, 4) is 0 Å². The first-order chi connectivity index (χ1) is 10.1. The standard InChI is InChI=1S/C15H29N3O2S/c19-21(20,12-4-8-16-14-5-6-14)18-11-7-15(13-18)17-9-2-1-3-10-17/h14-16H,1-13H2. The number of piperidine rings is 1. The fourth-order valence-electron chi connectivity index (χ4n) is 3.52. The Morgan fingerprint density at radius 3 is 2.48 bits per heavy atom. The third-order valence-electron chi connectivity index (χ3n) is 5.02. The minimum atomic E-state index is -3.04. The summed E-state index contributed by atoms with van der Waals surface area (Å²) in [4.78, 5) is 2.51. The van der Waals surface area contributed by atoms with E-state index in [1.165, 1.54) is 32.1 Å². The summed E-state index contributed by atoms with van der Waals surface area (Å²) < 4.78 is 26.5. The van der Waals surface area contributed by atoms with E-state index in [0.29, 0.717) is 17.8 Å². The number of rotatable bonds is 7. The maximum Gasteiger partial charge on any atom is 0.214 e. The quantitative estimate of drug-likeness (QED) is 0.713. The van der Waals surface area contributed by atoms with E-state index >= 15 is 0 Å². The number of sulfonamides is 1. The highest BCUT2D eigenvalue weighted by molar-refractivity contribution is 7.89. The third-order valence-corrected chi connectivity index (χ3v) is 6.94. The molecule has 3 aliphatic rings. The molecule has 0 aromatic rings. The molecule has 6 heteroatoms. The van der Waals surface area contributed by atoms with E-state index in [1.807, 2.05) is 0 Å². The van der Waals surface area contributed by atoms with Crippen LogP contribution in [0.2, 0.25) is 0 Å². The van der Waals surface area contributed by atoms with Crippen molar-refractivity contribution in [3.63, 3.8) is 0 Å². The van der Waals surface area contributed by atoms with Gasteiger partial charge in [-0.05, 0) is 58.2 Å². The van der Waals surface area contributed by atoms with Crippen molar-refractivity contribution in [3.05, 3.63) is 0 Å². The van der Waals surface area contributed by atoms with Crippen molar-refractivity contribution in [2.24, 2.45) is 0 Å². The summed E-state index contributed by atoms with van der Waals surface area (Å²) in [6.45, 7) is 4.60. The maximum absolute atomic E-state index is 12.4. The van der Waals surface area contributed by atoms with Crippen LogP contribution in [0.4, 0.5) is 0 Å². The van der Waals surface area contributed by atoms with Crippen molar-refractivity contribution in [1.29, 1.82) is 0 Å². The average molecular weight is 315 g/mol. The van der Waals surface area contributed by atoms with Gasteiger partial charge in [-0.2, -0.15) is 0 Å². The Morgan fingerprint density at radius 2 is 1.76 bits per heavy atom. The van der Waals surface area contributed by atoms with Crippen molar-refractivity contribution < 1.29 is 8.42 Å². The minimum Gasteiger partial charge on any atom is -0.314 e. The van der Waals surface area contributed by atoms with Crippen molar-refractivity contribution in [2.45, 2.75) is 57.0 Å². The first-order valence-electron chi connectivity index (χ1n) is 8.60. The number of hydrogen-bond acceptors (Lipinski definition) is 4. The lowest BCUT2D eigenvalue weighted by Gasteiger charge is -2.32. The van der Waals surface area contributed by atoms with Crippen LogP contribution >= 0.6 is 0 Å². The Kier molecular flexibility index (Phi) is 5.19. The van der Waals surface area contributed by atoms with Crippen LogP contribution in [0, 0.1) is 0 Å². The van der Waals surface area contributed by atoms with Crippen LogP contribution < -0.4 is 5.32 Å². The topological polar surface area (TPSA) is 52.7 Å². The summed E-state index contributed by atoms with van der Waals surface area (Å²) in [5.41, 5.74) is 0. The molecule has 122 valence electrons. The predicted octanol–water partition coefficient (Wildman–Crippen LogP) is 1.02. The molecule has 3 rings (SSSR count). The Hall–Kier alpha value is -0.170.